The van der Waals surface area contributed by atoms with Crippen molar-refractivity contribution in [2.24, 2.45) is 11.8 Å². The number of esters is 1. The SMILES string of the molecule is CCN(C(C)CC(CC(=O)OC)C(C)(C)N(CC)C(C)CC(CC(=O)N(C)C)C(C)(C)N(CC)CC)C(C)(C)CCC(=O)N1CCOCC1. The average Bonchev–Trinajstić information content (AvgIpc) is 3.03. The van der Waals surface area contributed by atoms with Gasteiger partial charge >= 0.3 is 5.97 Å². The first-order valence-corrected chi connectivity index (χ1v) is 19.2. The van der Waals surface area contributed by atoms with E-state index >= 15 is 0 Å². The van der Waals surface area contributed by atoms with Gasteiger partial charge in [0.25, 0.3) is 0 Å². The summed E-state index contributed by atoms with van der Waals surface area (Å²) in [5, 5.41) is 0. The Balaban J connectivity index is 3.34. The van der Waals surface area contributed by atoms with Crippen molar-refractivity contribution in [3.63, 3.8) is 0 Å². The minimum Gasteiger partial charge on any atom is -0.469 e. The molecule has 10 nitrogen and oxygen atoms in total. The van der Waals surface area contributed by atoms with Crippen molar-refractivity contribution in [1.82, 2.24) is 24.5 Å². The molecular weight excluding hydrogens is 618 g/mol. The van der Waals surface area contributed by atoms with E-state index in [-0.39, 0.29) is 58.3 Å². The monoisotopic (exact) mass is 696 g/mol. The van der Waals surface area contributed by atoms with E-state index in [1.807, 2.05) is 19.0 Å². The van der Waals surface area contributed by atoms with E-state index in [9.17, 15) is 14.4 Å². The molecular formula is C39H77N5O5. The number of hydrogen-bond donors (Lipinski definition) is 0. The summed E-state index contributed by atoms with van der Waals surface area (Å²) in [4.78, 5) is 50.3. The molecule has 1 rings (SSSR count). The van der Waals surface area contributed by atoms with Crippen LogP contribution < -0.4 is 0 Å². The molecule has 0 aromatic heterocycles. The molecule has 10 heteroatoms. The van der Waals surface area contributed by atoms with Crippen molar-refractivity contribution in [3.05, 3.63) is 0 Å². The Morgan fingerprint density at radius 1 is 0.755 bits per heavy atom. The molecule has 0 saturated carbocycles. The third-order valence-corrected chi connectivity index (χ3v) is 12.0. The second-order valence-corrected chi connectivity index (χ2v) is 16.2. The number of carbonyl (C=O) groups is 3. The van der Waals surface area contributed by atoms with Crippen LogP contribution in [-0.2, 0) is 23.9 Å². The minimum atomic E-state index is -0.331. The molecule has 0 bridgehead atoms. The number of amides is 2. The van der Waals surface area contributed by atoms with Crippen LogP contribution in [0.15, 0.2) is 0 Å². The summed E-state index contributed by atoms with van der Waals surface area (Å²) in [5.41, 5.74) is -0.693. The highest BCUT2D eigenvalue weighted by Gasteiger charge is 2.43. The van der Waals surface area contributed by atoms with Gasteiger partial charge in [0.2, 0.25) is 11.8 Å². The highest BCUT2D eigenvalue weighted by molar-refractivity contribution is 5.76. The fraction of sp³-hybridized carbons (Fsp3) is 0.923. The van der Waals surface area contributed by atoms with Gasteiger partial charge in [-0.3, -0.25) is 29.1 Å². The van der Waals surface area contributed by atoms with Crippen LogP contribution in [0, 0.1) is 11.8 Å². The number of methoxy groups -OCH3 is 1. The predicted molar refractivity (Wildman–Crippen MR) is 202 cm³/mol. The highest BCUT2D eigenvalue weighted by atomic mass is 16.5. The zero-order chi connectivity index (χ0) is 37.7. The van der Waals surface area contributed by atoms with E-state index < -0.39 is 0 Å². The van der Waals surface area contributed by atoms with E-state index in [1.54, 1.807) is 4.90 Å². The second kappa shape index (κ2) is 20.3. The molecule has 0 N–H and O–H groups in total. The smallest absolute Gasteiger partial charge is 0.305 e. The fourth-order valence-corrected chi connectivity index (χ4v) is 8.68. The lowest BCUT2D eigenvalue weighted by molar-refractivity contribution is -0.144. The van der Waals surface area contributed by atoms with Crippen molar-refractivity contribution >= 4 is 17.8 Å². The summed E-state index contributed by atoms with van der Waals surface area (Å²) >= 11 is 0. The van der Waals surface area contributed by atoms with Crippen LogP contribution >= 0.6 is 0 Å². The van der Waals surface area contributed by atoms with Crippen LogP contribution in [-0.4, -0.2) is 145 Å². The Kier molecular flexibility index (Phi) is 18.8. The van der Waals surface area contributed by atoms with Crippen LogP contribution in [0.1, 0.15) is 122 Å². The van der Waals surface area contributed by atoms with Gasteiger partial charge in [0, 0.05) is 68.7 Å². The molecule has 2 amide bonds. The summed E-state index contributed by atoms with van der Waals surface area (Å²) < 4.78 is 10.7. The third kappa shape index (κ3) is 12.8. The zero-order valence-electron chi connectivity index (χ0n) is 34.5. The summed E-state index contributed by atoms with van der Waals surface area (Å²) in [7, 11) is 5.16. The average molecular weight is 696 g/mol. The summed E-state index contributed by atoms with van der Waals surface area (Å²) in [5.74, 6) is 0.342. The molecule has 4 atom stereocenters. The van der Waals surface area contributed by atoms with Gasteiger partial charge in [0.05, 0.1) is 26.7 Å². The molecule has 0 aliphatic carbocycles. The van der Waals surface area contributed by atoms with Gasteiger partial charge in [-0.2, -0.15) is 0 Å². The van der Waals surface area contributed by atoms with Gasteiger partial charge in [-0.15, -0.1) is 0 Å². The molecule has 4 unspecified atom stereocenters. The maximum atomic E-state index is 13.2. The number of nitrogens with zero attached hydrogens (tertiary/aromatic N) is 5. The molecule has 1 fully saturated rings. The molecule has 49 heavy (non-hydrogen) atoms. The van der Waals surface area contributed by atoms with Crippen LogP contribution in [0.2, 0.25) is 0 Å². The highest BCUT2D eigenvalue weighted by Crippen LogP contribution is 2.39. The number of rotatable bonds is 22. The van der Waals surface area contributed by atoms with Gasteiger partial charge in [-0.05, 0) is 113 Å². The lowest BCUT2D eigenvalue weighted by atomic mass is 9.75. The van der Waals surface area contributed by atoms with E-state index in [1.165, 1.54) is 7.11 Å². The number of morpholine rings is 1. The van der Waals surface area contributed by atoms with Gasteiger partial charge < -0.3 is 19.3 Å². The topological polar surface area (TPSA) is 85.9 Å². The molecule has 0 radical (unpaired) electrons. The van der Waals surface area contributed by atoms with Crippen LogP contribution in [0.25, 0.3) is 0 Å². The predicted octanol–water partition coefficient (Wildman–Crippen LogP) is 5.78. The Morgan fingerprint density at radius 2 is 1.24 bits per heavy atom. The zero-order valence-corrected chi connectivity index (χ0v) is 34.5. The Labute approximate surface area is 301 Å². The number of hydrogen-bond acceptors (Lipinski definition) is 8. The first-order chi connectivity index (χ1) is 22.7. The maximum Gasteiger partial charge on any atom is 0.305 e. The number of carbonyl (C=O) groups excluding carboxylic acids is 3. The largest absolute Gasteiger partial charge is 0.469 e. The van der Waals surface area contributed by atoms with Gasteiger partial charge in [-0.25, -0.2) is 0 Å². The molecule has 288 valence electrons. The summed E-state index contributed by atoms with van der Waals surface area (Å²) in [6.45, 7) is 33.1. The fourth-order valence-electron chi connectivity index (χ4n) is 8.68. The van der Waals surface area contributed by atoms with Gasteiger partial charge in [0.15, 0.2) is 0 Å². The van der Waals surface area contributed by atoms with Gasteiger partial charge in [-0.1, -0.05) is 27.7 Å². The standard InChI is InChI=1S/C39H77N5O5/c1-16-42(17-2)38(9,10)32(28-35(46)40(13)14)27-31(6)44(19-4)39(11,12)33(29-36(47)48-15)26-30(5)43(18-3)37(7,8)21-20-34(45)41-22-24-49-25-23-41/h30-33H,16-29H2,1-15H3. The minimum absolute atomic E-state index is 0.0230. The van der Waals surface area contributed by atoms with E-state index in [0.717, 1.165) is 45.4 Å². The molecule has 1 heterocycles. The second-order valence-electron chi connectivity index (χ2n) is 16.2. The van der Waals surface area contributed by atoms with E-state index in [2.05, 4.69) is 97.8 Å². The first-order valence-electron chi connectivity index (χ1n) is 19.2. The van der Waals surface area contributed by atoms with Crippen LogP contribution in [0.4, 0.5) is 0 Å². The van der Waals surface area contributed by atoms with Gasteiger partial charge in [0.1, 0.15) is 0 Å². The Bertz CT molecular complexity index is 1010. The third-order valence-electron chi connectivity index (χ3n) is 12.0. The summed E-state index contributed by atoms with van der Waals surface area (Å²) in [6, 6.07) is 0.351. The van der Waals surface area contributed by atoms with Crippen molar-refractivity contribution in [2.45, 2.75) is 150 Å². The lowest BCUT2D eigenvalue weighted by Gasteiger charge is -2.51. The molecule has 0 aromatic carbocycles. The molecule has 1 aliphatic rings. The van der Waals surface area contributed by atoms with Crippen LogP contribution in [0.3, 0.4) is 0 Å². The van der Waals surface area contributed by atoms with Crippen molar-refractivity contribution < 1.29 is 23.9 Å². The van der Waals surface area contributed by atoms with Crippen molar-refractivity contribution in [2.75, 3.05) is 73.7 Å². The molecule has 1 saturated heterocycles. The lowest BCUT2D eigenvalue weighted by Crippen LogP contribution is -2.58. The quantitative estimate of drug-likeness (QED) is 0.132. The molecule has 0 spiro atoms. The molecule has 0 aromatic rings. The van der Waals surface area contributed by atoms with E-state index in [0.29, 0.717) is 45.6 Å². The number of ether oxygens (including phenoxy) is 2. The van der Waals surface area contributed by atoms with E-state index in [4.69, 9.17) is 9.47 Å². The first kappa shape index (κ1) is 45.3. The normalized spacial score (nSPS) is 17.3. The Hall–Kier alpha value is -1.75. The Morgan fingerprint density at radius 3 is 1.69 bits per heavy atom. The maximum absolute atomic E-state index is 13.2. The molecule has 1 aliphatic heterocycles. The summed E-state index contributed by atoms with van der Waals surface area (Å²) in [6.07, 6.45) is 3.78. The van der Waals surface area contributed by atoms with Crippen LogP contribution in [0.5, 0.6) is 0 Å². The van der Waals surface area contributed by atoms with Crippen molar-refractivity contribution in [1.29, 1.82) is 0 Å². The van der Waals surface area contributed by atoms with Crippen molar-refractivity contribution in [3.8, 4) is 0 Å².